The van der Waals surface area contributed by atoms with Crippen molar-refractivity contribution in [3.8, 4) is 0 Å². The summed E-state index contributed by atoms with van der Waals surface area (Å²) in [6.07, 6.45) is 0. The van der Waals surface area contributed by atoms with Crippen LogP contribution in [0.25, 0.3) is 0 Å². The van der Waals surface area contributed by atoms with Gasteiger partial charge in [0.15, 0.2) is 9.84 Å². The molecule has 0 aromatic heterocycles. The van der Waals surface area contributed by atoms with Crippen molar-refractivity contribution in [1.29, 1.82) is 0 Å². The molecule has 0 radical (unpaired) electrons. The van der Waals surface area contributed by atoms with Gasteiger partial charge in [-0.25, -0.2) is 13.5 Å². The Bertz CT molecular complexity index is 1240. The molecule has 156 valence electrons. The third-order valence-electron chi connectivity index (χ3n) is 5.02. The highest BCUT2D eigenvalue weighted by Gasteiger charge is 2.37. The van der Waals surface area contributed by atoms with Gasteiger partial charge in [-0.2, -0.15) is 0 Å². The first kappa shape index (κ1) is 21.3. The summed E-state index contributed by atoms with van der Waals surface area (Å²) >= 11 is 0. The van der Waals surface area contributed by atoms with E-state index >= 15 is 0 Å². The summed E-state index contributed by atoms with van der Waals surface area (Å²) in [6.45, 7) is 0. The van der Waals surface area contributed by atoms with Gasteiger partial charge < -0.3 is 0 Å². The Morgan fingerprint density at radius 3 is 1.42 bits per heavy atom. The summed E-state index contributed by atoms with van der Waals surface area (Å²) in [5, 5.41) is 2.99. The number of nitrogens with one attached hydrogen (secondary N) is 1. The van der Waals surface area contributed by atoms with E-state index in [4.69, 9.17) is 0 Å². The molecule has 0 heterocycles. The van der Waals surface area contributed by atoms with Crippen LogP contribution in [0, 0.1) is 0 Å². The zero-order chi connectivity index (χ0) is 21.7. The molecule has 0 spiro atoms. The molecule has 1 N–H and O–H groups in total. The van der Waals surface area contributed by atoms with E-state index in [1.807, 2.05) is 18.2 Å². The minimum atomic E-state index is -3.89. The average Bonchev–Trinajstić information content (AvgIpc) is 2.84. The quantitative estimate of drug-likeness (QED) is 0.418. The molecule has 1 unspecified atom stereocenters. The van der Waals surface area contributed by atoms with E-state index in [2.05, 4.69) is 5.09 Å². The van der Waals surface area contributed by atoms with Crippen LogP contribution >= 0.6 is 7.29 Å². The molecule has 1 atom stereocenters. The number of benzene rings is 4. The first-order chi connectivity index (χ1) is 15.0. The first-order valence-electron chi connectivity index (χ1n) is 9.85. The second-order valence-corrected chi connectivity index (χ2v) is 11.6. The van der Waals surface area contributed by atoms with Crippen molar-refractivity contribution >= 4 is 27.7 Å². The molecule has 0 bridgehead atoms. The number of hydrogen-bond acceptors (Lipinski definition) is 3. The molecular formula is C25H22NO3PS. The third kappa shape index (κ3) is 4.40. The van der Waals surface area contributed by atoms with Gasteiger partial charge in [0.2, 0.25) is 7.29 Å². The van der Waals surface area contributed by atoms with Crippen LogP contribution in [0.4, 0.5) is 0 Å². The maximum Gasteiger partial charge on any atom is 0.205 e. The largest absolute Gasteiger partial charge is 0.296 e. The molecule has 0 fully saturated rings. The maximum absolute atomic E-state index is 14.5. The van der Waals surface area contributed by atoms with Crippen molar-refractivity contribution < 1.29 is 13.0 Å². The lowest BCUT2D eigenvalue weighted by Crippen LogP contribution is -2.34. The standard InChI is InChI=1S/C25H22NO3PS/c27-30(22-15-7-2-8-16-22,23-17-9-3-10-18-23)26-25(21-13-5-1-6-14-21)31(28,29)24-19-11-4-12-20-24/h1-20,25H,(H,26,27). The Labute approximate surface area is 182 Å². The summed E-state index contributed by atoms with van der Waals surface area (Å²) in [5.41, 5.74) is 0.526. The lowest BCUT2D eigenvalue weighted by molar-refractivity contribution is 0.560. The molecule has 6 heteroatoms. The van der Waals surface area contributed by atoms with Crippen LogP contribution in [0.1, 0.15) is 10.9 Å². The predicted octanol–water partition coefficient (Wildman–Crippen LogP) is 4.68. The Morgan fingerprint density at radius 2 is 0.968 bits per heavy atom. The van der Waals surface area contributed by atoms with Crippen molar-refractivity contribution in [2.45, 2.75) is 10.3 Å². The molecule has 0 aliphatic heterocycles. The number of hydrogen-bond donors (Lipinski definition) is 1. The van der Waals surface area contributed by atoms with E-state index in [1.165, 1.54) is 0 Å². The van der Waals surface area contributed by atoms with E-state index in [-0.39, 0.29) is 4.90 Å². The van der Waals surface area contributed by atoms with Crippen LogP contribution in [0.5, 0.6) is 0 Å². The molecular weight excluding hydrogens is 425 g/mol. The maximum atomic E-state index is 14.5. The molecule has 4 nitrogen and oxygen atoms in total. The summed E-state index contributed by atoms with van der Waals surface area (Å²) in [4.78, 5) is 0.170. The average molecular weight is 447 g/mol. The second kappa shape index (κ2) is 9.03. The zero-order valence-electron chi connectivity index (χ0n) is 16.7. The molecule has 4 rings (SSSR count). The Balaban J connectivity index is 1.90. The predicted molar refractivity (Wildman–Crippen MR) is 126 cm³/mol. The fourth-order valence-electron chi connectivity index (χ4n) is 3.44. The molecule has 0 saturated carbocycles. The van der Waals surface area contributed by atoms with Crippen LogP contribution < -0.4 is 15.7 Å². The van der Waals surface area contributed by atoms with Crippen molar-refractivity contribution in [2.24, 2.45) is 0 Å². The van der Waals surface area contributed by atoms with Gasteiger partial charge in [0.25, 0.3) is 0 Å². The molecule has 0 amide bonds. The van der Waals surface area contributed by atoms with Gasteiger partial charge in [-0.15, -0.1) is 0 Å². The molecule has 0 aliphatic carbocycles. The van der Waals surface area contributed by atoms with Crippen molar-refractivity contribution in [3.05, 3.63) is 127 Å². The molecule has 31 heavy (non-hydrogen) atoms. The van der Waals surface area contributed by atoms with Gasteiger partial charge >= 0.3 is 0 Å². The molecule has 4 aromatic rings. The van der Waals surface area contributed by atoms with E-state index in [0.717, 1.165) is 0 Å². The second-order valence-electron chi connectivity index (χ2n) is 7.06. The minimum absolute atomic E-state index is 0.170. The van der Waals surface area contributed by atoms with E-state index in [1.54, 1.807) is 103 Å². The third-order valence-corrected chi connectivity index (χ3v) is 9.81. The van der Waals surface area contributed by atoms with Gasteiger partial charge in [-0.05, 0) is 42.0 Å². The highest BCUT2D eigenvalue weighted by atomic mass is 32.2. The van der Waals surface area contributed by atoms with Gasteiger partial charge in [0.05, 0.1) is 4.90 Å². The number of sulfone groups is 1. The first-order valence-corrected chi connectivity index (χ1v) is 13.1. The Hall–Kier alpha value is -2.98. The Morgan fingerprint density at radius 1 is 0.581 bits per heavy atom. The fraction of sp³-hybridized carbons (Fsp3) is 0.0400. The highest BCUT2D eigenvalue weighted by Crippen LogP contribution is 2.44. The monoisotopic (exact) mass is 447 g/mol. The smallest absolute Gasteiger partial charge is 0.205 e. The zero-order valence-corrected chi connectivity index (χ0v) is 18.4. The highest BCUT2D eigenvalue weighted by molar-refractivity contribution is 7.92. The lowest BCUT2D eigenvalue weighted by Gasteiger charge is -2.27. The minimum Gasteiger partial charge on any atom is -0.296 e. The van der Waals surface area contributed by atoms with Crippen molar-refractivity contribution in [2.75, 3.05) is 0 Å². The summed E-state index contributed by atoms with van der Waals surface area (Å²) in [7, 11) is -7.38. The van der Waals surface area contributed by atoms with Crippen LogP contribution in [-0.2, 0) is 14.4 Å². The molecule has 4 aromatic carbocycles. The van der Waals surface area contributed by atoms with E-state index in [0.29, 0.717) is 16.2 Å². The summed E-state index contributed by atoms with van der Waals surface area (Å²) < 4.78 is 41.9. The lowest BCUT2D eigenvalue weighted by atomic mass is 10.2. The summed E-state index contributed by atoms with van der Waals surface area (Å²) in [5.74, 6) is 0. The van der Waals surface area contributed by atoms with E-state index in [9.17, 15) is 13.0 Å². The Kier molecular flexibility index (Phi) is 6.19. The SMILES string of the molecule is O=P(NC(c1ccccc1)S(=O)(=O)c1ccccc1)(c1ccccc1)c1ccccc1. The van der Waals surface area contributed by atoms with Crippen LogP contribution in [0.3, 0.4) is 0 Å². The fourth-order valence-corrected chi connectivity index (χ4v) is 8.02. The summed E-state index contributed by atoms with van der Waals surface area (Å²) in [6, 6.07) is 35.0. The van der Waals surface area contributed by atoms with Crippen molar-refractivity contribution in [3.63, 3.8) is 0 Å². The van der Waals surface area contributed by atoms with Gasteiger partial charge in [0, 0.05) is 10.6 Å². The van der Waals surface area contributed by atoms with Crippen LogP contribution in [0.2, 0.25) is 0 Å². The van der Waals surface area contributed by atoms with Crippen LogP contribution in [-0.4, -0.2) is 8.42 Å². The van der Waals surface area contributed by atoms with Crippen LogP contribution in [0.15, 0.2) is 126 Å². The van der Waals surface area contributed by atoms with Gasteiger partial charge in [0.1, 0.15) is 5.37 Å². The van der Waals surface area contributed by atoms with E-state index < -0.39 is 22.5 Å². The molecule has 0 saturated heterocycles. The topological polar surface area (TPSA) is 63.2 Å². The van der Waals surface area contributed by atoms with Crippen molar-refractivity contribution in [1.82, 2.24) is 5.09 Å². The van der Waals surface area contributed by atoms with Gasteiger partial charge in [-0.3, -0.25) is 4.57 Å². The normalized spacial score (nSPS) is 12.9. The van der Waals surface area contributed by atoms with Gasteiger partial charge in [-0.1, -0.05) is 84.9 Å². The number of rotatable bonds is 7. The molecule has 0 aliphatic rings.